The fourth-order valence-corrected chi connectivity index (χ4v) is 1.07. The summed E-state index contributed by atoms with van der Waals surface area (Å²) in [6.07, 6.45) is 0.718. The molecule has 0 radical (unpaired) electrons. The van der Waals surface area contributed by atoms with Crippen LogP contribution in [0, 0.1) is 5.82 Å². The van der Waals surface area contributed by atoms with Gasteiger partial charge in [0.2, 0.25) is 0 Å². The molecule has 0 saturated heterocycles. The number of carbonyl (C=O) groups is 1. The van der Waals surface area contributed by atoms with Crippen LogP contribution >= 0.6 is 0 Å². The number of hydrogen-bond donors (Lipinski definition) is 1. The lowest BCUT2D eigenvalue weighted by Gasteiger charge is -2.02. The first kappa shape index (κ1) is 9.71. The van der Waals surface area contributed by atoms with Gasteiger partial charge in [0.25, 0.3) is 0 Å². The third-order valence-electron chi connectivity index (χ3n) is 1.82. The molecular formula is C10H11FO2. The fraction of sp³-hybridized carbons (Fsp3) is 0.300. The van der Waals surface area contributed by atoms with E-state index in [2.05, 4.69) is 0 Å². The number of phenolic OH excluding ortho intramolecular Hbond substituents is 1. The van der Waals surface area contributed by atoms with Crippen molar-refractivity contribution in [3.63, 3.8) is 0 Å². The summed E-state index contributed by atoms with van der Waals surface area (Å²) in [4.78, 5) is 10.6. The minimum Gasteiger partial charge on any atom is -0.505 e. The summed E-state index contributed by atoms with van der Waals surface area (Å²) in [6, 6.07) is 4.32. The van der Waals surface area contributed by atoms with Gasteiger partial charge in [0.1, 0.15) is 5.78 Å². The zero-order chi connectivity index (χ0) is 9.84. The minimum atomic E-state index is -0.638. The molecule has 0 spiro atoms. The van der Waals surface area contributed by atoms with E-state index in [0.29, 0.717) is 18.4 Å². The second kappa shape index (κ2) is 4.03. The van der Waals surface area contributed by atoms with Gasteiger partial charge in [-0.3, -0.25) is 0 Å². The van der Waals surface area contributed by atoms with E-state index in [0.717, 1.165) is 0 Å². The standard InChI is InChI=1S/C10H11FO2/c1-7(12)5-6-8-3-2-4-9(11)10(8)13/h2-4,13H,5-6H2,1H3. The summed E-state index contributed by atoms with van der Waals surface area (Å²) in [5, 5.41) is 9.22. The van der Waals surface area contributed by atoms with Gasteiger partial charge in [0.15, 0.2) is 11.6 Å². The number of benzene rings is 1. The molecule has 0 saturated carbocycles. The molecule has 13 heavy (non-hydrogen) atoms. The third-order valence-corrected chi connectivity index (χ3v) is 1.82. The molecule has 1 aromatic rings. The van der Waals surface area contributed by atoms with Crippen LogP contribution in [0.25, 0.3) is 0 Å². The molecule has 0 atom stereocenters. The van der Waals surface area contributed by atoms with Crippen LogP contribution in [0.2, 0.25) is 0 Å². The van der Waals surface area contributed by atoms with E-state index in [1.165, 1.54) is 19.1 Å². The van der Waals surface area contributed by atoms with Crippen LogP contribution in [-0.4, -0.2) is 10.9 Å². The number of rotatable bonds is 3. The molecule has 0 bridgehead atoms. The van der Waals surface area contributed by atoms with Crippen molar-refractivity contribution < 1.29 is 14.3 Å². The summed E-state index contributed by atoms with van der Waals surface area (Å²) in [6.45, 7) is 1.47. The fourth-order valence-electron chi connectivity index (χ4n) is 1.07. The molecule has 0 amide bonds. The number of para-hydroxylation sites is 1. The van der Waals surface area contributed by atoms with Crippen LogP contribution in [0.4, 0.5) is 4.39 Å². The third kappa shape index (κ3) is 2.54. The van der Waals surface area contributed by atoms with Crippen molar-refractivity contribution in [3.05, 3.63) is 29.6 Å². The highest BCUT2D eigenvalue weighted by Crippen LogP contribution is 2.21. The molecule has 0 aliphatic carbocycles. The maximum Gasteiger partial charge on any atom is 0.165 e. The van der Waals surface area contributed by atoms with Gasteiger partial charge in [-0.15, -0.1) is 0 Å². The minimum absolute atomic E-state index is 0.0312. The molecule has 70 valence electrons. The van der Waals surface area contributed by atoms with Crippen LogP contribution in [0.5, 0.6) is 5.75 Å². The number of aryl methyl sites for hydroxylation is 1. The van der Waals surface area contributed by atoms with Crippen LogP contribution in [0.15, 0.2) is 18.2 Å². The molecule has 0 aromatic heterocycles. The average Bonchev–Trinajstić information content (AvgIpc) is 2.07. The molecular weight excluding hydrogens is 171 g/mol. The normalized spacial score (nSPS) is 10.0. The van der Waals surface area contributed by atoms with Crippen molar-refractivity contribution in [2.24, 2.45) is 0 Å². The quantitative estimate of drug-likeness (QED) is 0.776. The summed E-state index contributed by atoms with van der Waals surface area (Å²) in [7, 11) is 0. The molecule has 0 aliphatic heterocycles. The van der Waals surface area contributed by atoms with E-state index in [1.807, 2.05) is 0 Å². The molecule has 3 heteroatoms. The first-order valence-electron chi connectivity index (χ1n) is 4.07. The Bertz CT molecular complexity index is 321. The van der Waals surface area contributed by atoms with Crippen molar-refractivity contribution in [2.75, 3.05) is 0 Å². The van der Waals surface area contributed by atoms with Crippen LogP contribution in [0.3, 0.4) is 0 Å². The largest absolute Gasteiger partial charge is 0.505 e. The van der Waals surface area contributed by atoms with Crippen molar-refractivity contribution in [3.8, 4) is 5.75 Å². The molecule has 1 aromatic carbocycles. The van der Waals surface area contributed by atoms with E-state index in [-0.39, 0.29) is 11.5 Å². The Balaban J connectivity index is 2.77. The zero-order valence-electron chi connectivity index (χ0n) is 7.38. The van der Waals surface area contributed by atoms with Gasteiger partial charge in [0.05, 0.1) is 0 Å². The van der Waals surface area contributed by atoms with E-state index < -0.39 is 5.82 Å². The number of Topliss-reactive ketones (excluding diaryl/α,β-unsaturated/α-hetero) is 1. The Morgan fingerprint density at radius 3 is 2.85 bits per heavy atom. The molecule has 1 rings (SSSR count). The van der Waals surface area contributed by atoms with Gasteiger partial charge >= 0.3 is 0 Å². The molecule has 0 unspecified atom stereocenters. The van der Waals surface area contributed by atoms with Crippen molar-refractivity contribution in [1.82, 2.24) is 0 Å². The smallest absolute Gasteiger partial charge is 0.165 e. The van der Waals surface area contributed by atoms with Crippen LogP contribution in [0.1, 0.15) is 18.9 Å². The van der Waals surface area contributed by atoms with Gasteiger partial charge < -0.3 is 9.90 Å². The number of carbonyl (C=O) groups excluding carboxylic acids is 1. The van der Waals surface area contributed by atoms with Crippen molar-refractivity contribution in [1.29, 1.82) is 0 Å². The Morgan fingerprint density at radius 2 is 2.23 bits per heavy atom. The van der Waals surface area contributed by atoms with Gasteiger partial charge in [-0.25, -0.2) is 4.39 Å². The van der Waals surface area contributed by atoms with Crippen LogP contribution in [-0.2, 0) is 11.2 Å². The number of ketones is 1. The van der Waals surface area contributed by atoms with E-state index in [1.54, 1.807) is 6.07 Å². The molecule has 0 heterocycles. The van der Waals surface area contributed by atoms with Gasteiger partial charge in [-0.2, -0.15) is 0 Å². The second-order valence-electron chi connectivity index (χ2n) is 2.95. The molecule has 1 N–H and O–H groups in total. The monoisotopic (exact) mass is 182 g/mol. The first-order chi connectivity index (χ1) is 6.11. The number of halogens is 1. The number of phenols is 1. The Labute approximate surface area is 76.0 Å². The zero-order valence-corrected chi connectivity index (χ0v) is 7.38. The van der Waals surface area contributed by atoms with Gasteiger partial charge in [-0.05, 0) is 25.0 Å². The van der Waals surface area contributed by atoms with Gasteiger partial charge in [-0.1, -0.05) is 12.1 Å². The van der Waals surface area contributed by atoms with Crippen molar-refractivity contribution in [2.45, 2.75) is 19.8 Å². The van der Waals surface area contributed by atoms with Gasteiger partial charge in [0, 0.05) is 6.42 Å². The lowest BCUT2D eigenvalue weighted by atomic mass is 10.1. The first-order valence-corrected chi connectivity index (χ1v) is 4.07. The molecule has 0 aliphatic rings. The summed E-state index contributed by atoms with van der Waals surface area (Å²) < 4.78 is 12.8. The molecule has 2 nitrogen and oxygen atoms in total. The predicted molar refractivity (Wildman–Crippen MR) is 47.1 cm³/mol. The number of aromatic hydroxyl groups is 1. The molecule has 0 fully saturated rings. The maximum atomic E-state index is 12.8. The highest BCUT2D eigenvalue weighted by Gasteiger charge is 2.06. The Hall–Kier alpha value is -1.38. The summed E-state index contributed by atoms with van der Waals surface area (Å²) >= 11 is 0. The predicted octanol–water partition coefficient (Wildman–Crippen LogP) is 2.05. The lowest BCUT2D eigenvalue weighted by Crippen LogP contribution is -1.95. The highest BCUT2D eigenvalue weighted by atomic mass is 19.1. The Morgan fingerprint density at radius 1 is 1.54 bits per heavy atom. The SMILES string of the molecule is CC(=O)CCc1cccc(F)c1O. The Kier molecular flexibility index (Phi) is 3.01. The van der Waals surface area contributed by atoms with E-state index in [4.69, 9.17) is 0 Å². The summed E-state index contributed by atoms with van der Waals surface area (Å²) in [5.41, 5.74) is 0.482. The van der Waals surface area contributed by atoms with E-state index >= 15 is 0 Å². The van der Waals surface area contributed by atoms with E-state index in [9.17, 15) is 14.3 Å². The lowest BCUT2D eigenvalue weighted by molar-refractivity contribution is -0.116. The van der Waals surface area contributed by atoms with Crippen molar-refractivity contribution >= 4 is 5.78 Å². The number of hydrogen-bond acceptors (Lipinski definition) is 2. The maximum absolute atomic E-state index is 12.8. The van der Waals surface area contributed by atoms with Crippen LogP contribution < -0.4 is 0 Å². The average molecular weight is 182 g/mol. The topological polar surface area (TPSA) is 37.3 Å². The second-order valence-corrected chi connectivity index (χ2v) is 2.95. The highest BCUT2D eigenvalue weighted by molar-refractivity contribution is 5.75. The summed E-state index contributed by atoms with van der Waals surface area (Å²) in [5.74, 6) is -0.950.